The van der Waals surface area contributed by atoms with E-state index in [0.29, 0.717) is 27.6 Å². The quantitative estimate of drug-likeness (QED) is 0.309. The zero-order chi connectivity index (χ0) is 23.8. The van der Waals surface area contributed by atoms with Crippen LogP contribution in [0.5, 0.6) is 11.5 Å². The first-order valence-electron chi connectivity index (χ1n) is 10.6. The molecule has 0 aliphatic rings. The van der Waals surface area contributed by atoms with E-state index in [2.05, 4.69) is 28.2 Å². The molecule has 1 amide bonds. The lowest BCUT2D eigenvalue weighted by atomic mass is 10.0. The molecule has 33 heavy (non-hydrogen) atoms. The fourth-order valence-corrected chi connectivity index (χ4v) is 4.76. The smallest absolute Gasteiger partial charge is 0.341 e. The second-order valence-electron chi connectivity index (χ2n) is 7.15. The summed E-state index contributed by atoms with van der Waals surface area (Å²) in [4.78, 5) is 25.3. The lowest BCUT2D eigenvalue weighted by Gasteiger charge is -2.11. The first kappa shape index (κ1) is 24.8. The highest BCUT2D eigenvalue weighted by atomic mass is 79.9. The predicted molar refractivity (Wildman–Crippen MR) is 135 cm³/mol. The van der Waals surface area contributed by atoms with Crippen LogP contribution in [0.15, 0.2) is 52.3 Å². The molecule has 0 bridgehead atoms. The standard InChI is InChI=1S/C25H26BrNO5S/c1-4-6-16-7-12-21(20(26)13-16)32-14-22(28)27-24-23(25(29)31-5-2)19(15-33-24)17-8-10-18(30-3)11-9-17/h7-13,15H,4-6,14H2,1-3H3,(H,27,28). The van der Waals surface area contributed by atoms with Crippen molar-refractivity contribution < 1.29 is 23.8 Å². The van der Waals surface area contributed by atoms with Crippen LogP contribution in [0.3, 0.4) is 0 Å². The van der Waals surface area contributed by atoms with Crippen LogP contribution in [0.4, 0.5) is 5.00 Å². The highest BCUT2D eigenvalue weighted by Crippen LogP contribution is 2.37. The van der Waals surface area contributed by atoms with Gasteiger partial charge in [-0.3, -0.25) is 4.79 Å². The summed E-state index contributed by atoms with van der Waals surface area (Å²) in [6.45, 7) is 3.91. The van der Waals surface area contributed by atoms with Crippen molar-refractivity contribution in [3.05, 3.63) is 63.4 Å². The Bertz CT molecular complexity index is 1110. The van der Waals surface area contributed by atoms with Crippen LogP contribution in [-0.4, -0.2) is 32.2 Å². The van der Waals surface area contributed by atoms with Crippen molar-refractivity contribution in [2.24, 2.45) is 0 Å². The molecule has 0 radical (unpaired) electrons. The number of hydrogen-bond donors (Lipinski definition) is 1. The lowest BCUT2D eigenvalue weighted by molar-refractivity contribution is -0.118. The number of amides is 1. The van der Waals surface area contributed by atoms with Crippen LogP contribution in [0.2, 0.25) is 0 Å². The maximum Gasteiger partial charge on any atom is 0.341 e. The molecule has 0 aliphatic carbocycles. The molecule has 3 rings (SSSR count). The molecule has 8 heteroatoms. The van der Waals surface area contributed by atoms with E-state index in [1.54, 1.807) is 14.0 Å². The number of aryl methyl sites for hydroxylation is 1. The van der Waals surface area contributed by atoms with E-state index in [0.717, 1.165) is 22.9 Å². The zero-order valence-corrected chi connectivity index (χ0v) is 21.2. The maximum atomic E-state index is 12.7. The SMILES string of the molecule is CCCc1ccc(OCC(=O)Nc2scc(-c3ccc(OC)cc3)c2C(=O)OCC)c(Br)c1. The van der Waals surface area contributed by atoms with Gasteiger partial charge in [-0.2, -0.15) is 0 Å². The van der Waals surface area contributed by atoms with Crippen molar-refractivity contribution in [2.45, 2.75) is 26.7 Å². The normalized spacial score (nSPS) is 10.5. The lowest BCUT2D eigenvalue weighted by Crippen LogP contribution is -2.21. The maximum absolute atomic E-state index is 12.7. The zero-order valence-electron chi connectivity index (χ0n) is 18.8. The molecule has 0 saturated carbocycles. The molecule has 2 aromatic carbocycles. The number of hydrogen-bond acceptors (Lipinski definition) is 6. The Morgan fingerprint density at radius 3 is 2.48 bits per heavy atom. The molecule has 1 aromatic heterocycles. The first-order valence-corrected chi connectivity index (χ1v) is 12.3. The largest absolute Gasteiger partial charge is 0.497 e. The van der Waals surface area contributed by atoms with Gasteiger partial charge in [-0.05, 0) is 64.7 Å². The Morgan fingerprint density at radius 2 is 1.85 bits per heavy atom. The van der Waals surface area contributed by atoms with Crippen molar-refractivity contribution in [2.75, 3.05) is 25.6 Å². The number of nitrogens with one attached hydrogen (secondary N) is 1. The average Bonchev–Trinajstić information content (AvgIpc) is 3.22. The van der Waals surface area contributed by atoms with Crippen molar-refractivity contribution in [3.63, 3.8) is 0 Å². The van der Waals surface area contributed by atoms with Gasteiger partial charge >= 0.3 is 5.97 Å². The summed E-state index contributed by atoms with van der Waals surface area (Å²) in [7, 11) is 1.59. The van der Waals surface area contributed by atoms with E-state index < -0.39 is 5.97 Å². The van der Waals surface area contributed by atoms with Crippen LogP contribution in [0, 0.1) is 0 Å². The molecule has 3 aromatic rings. The van der Waals surface area contributed by atoms with Gasteiger partial charge in [0.15, 0.2) is 6.61 Å². The van der Waals surface area contributed by atoms with Gasteiger partial charge in [0.05, 0.1) is 18.2 Å². The monoisotopic (exact) mass is 531 g/mol. The van der Waals surface area contributed by atoms with Crippen molar-refractivity contribution >= 4 is 44.1 Å². The number of rotatable bonds is 10. The summed E-state index contributed by atoms with van der Waals surface area (Å²) in [5.41, 5.74) is 3.03. The van der Waals surface area contributed by atoms with E-state index in [-0.39, 0.29) is 19.1 Å². The highest BCUT2D eigenvalue weighted by molar-refractivity contribution is 9.10. The van der Waals surface area contributed by atoms with Crippen LogP contribution in [0.25, 0.3) is 11.1 Å². The summed E-state index contributed by atoms with van der Waals surface area (Å²) in [5, 5.41) is 5.05. The average molecular weight is 532 g/mol. The fraction of sp³-hybridized carbons (Fsp3) is 0.280. The van der Waals surface area contributed by atoms with Crippen LogP contribution >= 0.6 is 27.3 Å². The molecule has 1 heterocycles. The number of benzene rings is 2. The number of methoxy groups -OCH3 is 1. The Labute approximate surface area is 206 Å². The second kappa shape index (κ2) is 11.9. The molecule has 0 aliphatic heterocycles. The number of anilines is 1. The summed E-state index contributed by atoms with van der Waals surface area (Å²) < 4.78 is 16.9. The minimum Gasteiger partial charge on any atom is -0.497 e. The van der Waals surface area contributed by atoms with Gasteiger partial charge < -0.3 is 19.5 Å². The third kappa shape index (κ3) is 6.36. The Kier molecular flexibility index (Phi) is 8.91. The van der Waals surface area contributed by atoms with E-state index in [1.165, 1.54) is 16.9 Å². The molecule has 174 valence electrons. The summed E-state index contributed by atoms with van der Waals surface area (Å²) in [6.07, 6.45) is 2.03. The van der Waals surface area contributed by atoms with E-state index in [1.807, 2.05) is 47.8 Å². The molecule has 0 saturated heterocycles. The molecule has 1 N–H and O–H groups in total. The topological polar surface area (TPSA) is 73.9 Å². The highest BCUT2D eigenvalue weighted by Gasteiger charge is 2.23. The molecule has 0 unspecified atom stereocenters. The summed E-state index contributed by atoms with van der Waals surface area (Å²) >= 11 is 4.76. The van der Waals surface area contributed by atoms with Gasteiger partial charge in [0.1, 0.15) is 22.1 Å². The summed E-state index contributed by atoms with van der Waals surface area (Å²) in [6, 6.07) is 13.2. The number of halogens is 1. The number of ether oxygens (including phenoxy) is 3. The van der Waals surface area contributed by atoms with Gasteiger partial charge in [0, 0.05) is 10.9 Å². The number of carbonyl (C=O) groups is 2. The number of thiophene rings is 1. The Morgan fingerprint density at radius 1 is 1.09 bits per heavy atom. The molecule has 0 spiro atoms. The minimum absolute atomic E-state index is 0.191. The van der Waals surface area contributed by atoms with Gasteiger partial charge in [-0.15, -0.1) is 11.3 Å². The van der Waals surface area contributed by atoms with E-state index >= 15 is 0 Å². The van der Waals surface area contributed by atoms with E-state index in [4.69, 9.17) is 14.2 Å². The number of carbonyl (C=O) groups excluding carboxylic acids is 2. The minimum atomic E-state index is -0.491. The van der Waals surface area contributed by atoms with Gasteiger partial charge in [-0.25, -0.2) is 4.79 Å². The van der Waals surface area contributed by atoms with Crippen LogP contribution < -0.4 is 14.8 Å². The molecule has 0 fully saturated rings. The first-order chi connectivity index (χ1) is 16.0. The molecule has 0 atom stereocenters. The third-order valence-electron chi connectivity index (χ3n) is 4.82. The van der Waals surface area contributed by atoms with Gasteiger partial charge in [0.25, 0.3) is 5.91 Å². The predicted octanol–water partition coefficient (Wildman–Crippen LogP) is 6.33. The second-order valence-corrected chi connectivity index (χ2v) is 8.89. The van der Waals surface area contributed by atoms with Gasteiger partial charge in [0.2, 0.25) is 0 Å². The van der Waals surface area contributed by atoms with Gasteiger partial charge in [-0.1, -0.05) is 31.5 Å². The van der Waals surface area contributed by atoms with Crippen molar-refractivity contribution in [1.82, 2.24) is 0 Å². The number of esters is 1. The molecule has 6 nitrogen and oxygen atoms in total. The Balaban J connectivity index is 1.76. The van der Waals surface area contributed by atoms with Crippen LogP contribution in [0.1, 0.15) is 36.2 Å². The van der Waals surface area contributed by atoms with Crippen molar-refractivity contribution in [1.29, 1.82) is 0 Å². The molecular weight excluding hydrogens is 506 g/mol. The van der Waals surface area contributed by atoms with Crippen LogP contribution in [-0.2, 0) is 16.0 Å². The molecular formula is C25H26BrNO5S. The third-order valence-corrected chi connectivity index (χ3v) is 6.33. The van der Waals surface area contributed by atoms with E-state index in [9.17, 15) is 9.59 Å². The fourth-order valence-electron chi connectivity index (χ4n) is 3.25. The Hall–Kier alpha value is -2.84. The summed E-state index contributed by atoms with van der Waals surface area (Å²) in [5.74, 6) is 0.440. The van der Waals surface area contributed by atoms with Crippen molar-refractivity contribution in [3.8, 4) is 22.6 Å².